The molecule has 4 N–H and O–H groups in total. The van der Waals surface area contributed by atoms with E-state index >= 15 is 0 Å². The summed E-state index contributed by atoms with van der Waals surface area (Å²) < 4.78 is 28.4. The number of sulfonamides is 1. The van der Waals surface area contributed by atoms with Crippen LogP contribution in [0.1, 0.15) is 0 Å². The normalized spacial score (nSPS) is 11.3. The zero-order valence-corrected chi connectivity index (χ0v) is 19.9. The zero-order valence-electron chi connectivity index (χ0n) is 16.7. The van der Waals surface area contributed by atoms with E-state index in [2.05, 4.69) is 25.2 Å². The van der Waals surface area contributed by atoms with Gasteiger partial charge in [0.25, 0.3) is 10.0 Å². The Morgan fingerprint density at radius 2 is 1.91 bits per heavy atom. The van der Waals surface area contributed by atoms with E-state index in [-0.39, 0.29) is 21.7 Å². The van der Waals surface area contributed by atoms with Crippen LogP contribution in [0, 0.1) is 0 Å². The van der Waals surface area contributed by atoms with Crippen LogP contribution in [-0.4, -0.2) is 39.9 Å². The standard InChI is InChI=1S/C19H16ClN7O3S3/c20-15-4-2-1-3-14(15)17-24-25-19(27(17)21)32-11-16(28)23-12-5-7-13(8-6-12)33(29,30)26-18-22-9-10-31-18/h1-10H,11,21H2,(H,22,26)(H,23,28). The fraction of sp³-hybridized carbons (Fsp3) is 0.0526. The van der Waals surface area contributed by atoms with Gasteiger partial charge in [0.1, 0.15) is 0 Å². The number of hydrogen-bond donors (Lipinski definition) is 3. The molecule has 170 valence electrons. The third kappa shape index (κ3) is 5.45. The first-order valence-electron chi connectivity index (χ1n) is 9.24. The number of rotatable bonds is 8. The van der Waals surface area contributed by atoms with Gasteiger partial charge in [0.2, 0.25) is 11.1 Å². The first-order chi connectivity index (χ1) is 15.8. The molecule has 1 amide bonds. The van der Waals surface area contributed by atoms with Crippen molar-refractivity contribution in [3.63, 3.8) is 0 Å². The van der Waals surface area contributed by atoms with E-state index in [9.17, 15) is 13.2 Å². The van der Waals surface area contributed by atoms with Crippen LogP contribution in [0.2, 0.25) is 5.02 Å². The van der Waals surface area contributed by atoms with Crippen LogP contribution < -0.4 is 15.9 Å². The maximum absolute atomic E-state index is 12.4. The molecule has 0 radical (unpaired) electrons. The van der Waals surface area contributed by atoms with Gasteiger partial charge in [0.15, 0.2) is 11.0 Å². The summed E-state index contributed by atoms with van der Waals surface area (Å²) in [5.74, 6) is 6.14. The van der Waals surface area contributed by atoms with Crippen LogP contribution in [-0.2, 0) is 14.8 Å². The second kappa shape index (κ2) is 9.79. The van der Waals surface area contributed by atoms with Crippen LogP contribution >= 0.6 is 34.7 Å². The maximum Gasteiger partial charge on any atom is 0.263 e. The predicted molar refractivity (Wildman–Crippen MR) is 129 cm³/mol. The number of carbonyl (C=O) groups is 1. The molecule has 0 aliphatic carbocycles. The van der Waals surface area contributed by atoms with Crippen molar-refractivity contribution >= 4 is 61.4 Å². The van der Waals surface area contributed by atoms with Gasteiger partial charge in [-0.3, -0.25) is 9.52 Å². The summed E-state index contributed by atoms with van der Waals surface area (Å²) in [5.41, 5.74) is 1.07. The third-order valence-corrected chi connectivity index (χ3v) is 7.66. The van der Waals surface area contributed by atoms with E-state index in [1.54, 1.807) is 23.6 Å². The monoisotopic (exact) mass is 521 g/mol. The molecule has 0 spiro atoms. The Hall–Kier alpha value is -3.13. The van der Waals surface area contributed by atoms with E-state index in [0.29, 0.717) is 27.3 Å². The zero-order chi connectivity index (χ0) is 23.4. The predicted octanol–water partition coefficient (Wildman–Crippen LogP) is 3.30. The van der Waals surface area contributed by atoms with Crippen molar-refractivity contribution in [1.29, 1.82) is 0 Å². The van der Waals surface area contributed by atoms with Gasteiger partial charge in [-0.25, -0.2) is 18.1 Å². The lowest BCUT2D eigenvalue weighted by Crippen LogP contribution is -2.17. The Morgan fingerprint density at radius 1 is 1.15 bits per heavy atom. The number of carbonyl (C=O) groups excluding carboxylic acids is 1. The number of hydrogen-bond acceptors (Lipinski definition) is 9. The van der Waals surface area contributed by atoms with Crippen LogP contribution in [0.25, 0.3) is 11.4 Å². The SMILES string of the molecule is Nn1c(SCC(=O)Nc2ccc(S(=O)(=O)Nc3nccs3)cc2)nnc1-c1ccccc1Cl. The highest BCUT2D eigenvalue weighted by Gasteiger charge is 2.17. The lowest BCUT2D eigenvalue weighted by Gasteiger charge is -2.08. The number of thiazole rings is 1. The largest absolute Gasteiger partial charge is 0.335 e. The maximum atomic E-state index is 12.4. The molecule has 14 heteroatoms. The van der Waals surface area contributed by atoms with E-state index < -0.39 is 10.0 Å². The molecule has 2 aromatic carbocycles. The third-order valence-electron chi connectivity index (χ3n) is 4.21. The molecule has 0 fully saturated rings. The van der Waals surface area contributed by atoms with Gasteiger partial charge in [-0.15, -0.1) is 21.5 Å². The van der Waals surface area contributed by atoms with Crippen LogP contribution in [0.15, 0.2) is 70.2 Å². The first-order valence-corrected chi connectivity index (χ1v) is 13.0. The number of aromatic nitrogens is 4. The van der Waals surface area contributed by atoms with Gasteiger partial charge in [0.05, 0.1) is 15.7 Å². The number of thioether (sulfide) groups is 1. The second-order valence-electron chi connectivity index (χ2n) is 6.46. The fourth-order valence-corrected chi connectivity index (χ4v) is 5.36. The van der Waals surface area contributed by atoms with E-state index in [0.717, 1.165) is 11.8 Å². The van der Waals surface area contributed by atoms with Gasteiger partial charge >= 0.3 is 0 Å². The quantitative estimate of drug-likeness (QED) is 0.236. The number of benzene rings is 2. The van der Waals surface area contributed by atoms with Crippen molar-refractivity contribution in [3.8, 4) is 11.4 Å². The van der Waals surface area contributed by atoms with Crippen molar-refractivity contribution in [1.82, 2.24) is 19.9 Å². The highest BCUT2D eigenvalue weighted by molar-refractivity contribution is 7.99. The number of anilines is 2. The van der Waals surface area contributed by atoms with Gasteiger partial charge in [-0.2, -0.15) is 0 Å². The number of halogens is 1. The molecule has 10 nitrogen and oxygen atoms in total. The molecule has 0 saturated heterocycles. The van der Waals surface area contributed by atoms with Gasteiger partial charge in [0, 0.05) is 22.8 Å². The first kappa shape index (κ1) is 23.0. The average Bonchev–Trinajstić information content (AvgIpc) is 3.42. The molecule has 0 atom stereocenters. The van der Waals surface area contributed by atoms with Gasteiger partial charge < -0.3 is 11.2 Å². The Bertz CT molecular complexity index is 1370. The number of amides is 1. The van der Waals surface area contributed by atoms with Crippen LogP contribution in [0.5, 0.6) is 0 Å². The van der Waals surface area contributed by atoms with Crippen molar-refractivity contribution in [3.05, 3.63) is 65.1 Å². The van der Waals surface area contributed by atoms with Crippen molar-refractivity contribution in [2.45, 2.75) is 10.1 Å². The molecule has 0 unspecified atom stereocenters. The Labute approximate surface area is 202 Å². The fourth-order valence-electron chi connectivity index (χ4n) is 2.69. The number of nitrogens with two attached hydrogens (primary N) is 1. The topological polar surface area (TPSA) is 145 Å². The smallest absolute Gasteiger partial charge is 0.263 e. The highest BCUT2D eigenvalue weighted by Crippen LogP contribution is 2.27. The molecule has 0 aliphatic heterocycles. The molecule has 2 aromatic heterocycles. The van der Waals surface area contributed by atoms with Crippen LogP contribution in [0.3, 0.4) is 0 Å². The molecule has 0 bridgehead atoms. The van der Waals surface area contributed by atoms with Crippen molar-refractivity contribution < 1.29 is 13.2 Å². The molecule has 2 heterocycles. The Balaban J connectivity index is 1.36. The van der Waals surface area contributed by atoms with E-state index in [1.165, 1.54) is 46.5 Å². The molecule has 0 saturated carbocycles. The summed E-state index contributed by atoms with van der Waals surface area (Å²) in [5, 5.41) is 13.5. The minimum absolute atomic E-state index is 0.0174. The molecule has 0 aliphatic rings. The molecular formula is C19H16ClN7O3S3. The number of nitrogen functional groups attached to an aromatic ring is 1. The van der Waals surface area contributed by atoms with Crippen molar-refractivity contribution in [2.75, 3.05) is 21.6 Å². The summed E-state index contributed by atoms with van der Waals surface area (Å²) in [7, 11) is -3.76. The molecule has 4 aromatic rings. The van der Waals surface area contributed by atoms with E-state index in [4.69, 9.17) is 17.4 Å². The Morgan fingerprint density at radius 3 is 2.61 bits per heavy atom. The van der Waals surface area contributed by atoms with Crippen LogP contribution in [0.4, 0.5) is 10.8 Å². The summed E-state index contributed by atoms with van der Waals surface area (Å²) >= 11 is 8.46. The van der Waals surface area contributed by atoms with E-state index in [1.807, 2.05) is 6.07 Å². The second-order valence-corrected chi connectivity index (χ2v) is 10.4. The van der Waals surface area contributed by atoms with Crippen molar-refractivity contribution in [2.24, 2.45) is 0 Å². The average molecular weight is 522 g/mol. The summed E-state index contributed by atoms with van der Waals surface area (Å²) in [6, 6.07) is 12.9. The summed E-state index contributed by atoms with van der Waals surface area (Å²) in [4.78, 5) is 16.3. The molecule has 4 rings (SSSR count). The molecule has 33 heavy (non-hydrogen) atoms. The highest BCUT2D eigenvalue weighted by atomic mass is 35.5. The van der Waals surface area contributed by atoms with Gasteiger partial charge in [-0.1, -0.05) is 35.5 Å². The number of nitrogens with zero attached hydrogens (tertiary/aromatic N) is 4. The Kier molecular flexibility index (Phi) is 6.83. The lowest BCUT2D eigenvalue weighted by molar-refractivity contribution is -0.113. The summed E-state index contributed by atoms with van der Waals surface area (Å²) in [6.07, 6.45) is 1.50. The minimum Gasteiger partial charge on any atom is -0.335 e. The minimum atomic E-state index is -3.76. The molecular weight excluding hydrogens is 506 g/mol. The lowest BCUT2D eigenvalue weighted by atomic mass is 10.2. The van der Waals surface area contributed by atoms with Gasteiger partial charge in [-0.05, 0) is 36.4 Å². The number of nitrogens with one attached hydrogen (secondary N) is 2. The summed E-state index contributed by atoms with van der Waals surface area (Å²) in [6.45, 7) is 0.